The molecule has 1 aliphatic rings. The minimum Gasteiger partial charge on any atom is -0.484 e. The second kappa shape index (κ2) is 9.60. The Morgan fingerprint density at radius 2 is 1.79 bits per heavy atom. The number of hydrogen-bond donors (Lipinski definition) is 1. The van der Waals surface area contributed by atoms with Gasteiger partial charge in [0.05, 0.1) is 0 Å². The third kappa shape index (κ3) is 5.49. The van der Waals surface area contributed by atoms with Crippen molar-refractivity contribution in [3.8, 4) is 5.75 Å². The molecule has 2 amide bonds. The highest BCUT2D eigenvalue weighted by Gasteiger charge is 2.17. The fourth-order valence-corrected chi connectivity index (χ4v) is 3.27. The summed E-state index contributed by atoms with van der Waals surface area (Å²) < 4.78 is 5.49. The number of nitrogens with zero attached hydrogens (tertiary/aromatic N) is 1. The van der Waals surface area contributed by atoms with Crippen molar-refractivity contribution in [1.29, 1.82) is 0 Å². The molecule has 0 spiro atoms. The Bertz CT molecular complexity index is 830. The summed E-state index contributed by atoms with van der Waals surface area (Å²) in [5.74, 6) is 0.487. The van der Waals surface area contributed by atoms with Crippen LogP contribution in [-0.2, 0) is 11.3 Å². The molecule has 1 fully saturated rings. The van der Waals surface area contributed by atoms with E-state index in [0.29, 0.717) is 22.9 Å². The van der Waals surface area contributed by atoms with Gasteiger partial charge in [-0.2, -0.15) is 0 Å². The minimum absolute atomic E-state index is 0.0629. The lowest BCUT2D eigenvalue weighted by Gasteiger charge is -2.26. The molecule has 0 atom stereocenters. The largest absolute Gasteiger partial charge is 0.484 e. The van der Waals surface area contributed by atoms with E-state index in [0.717, 1.165) is 37.1 Å². The molecule has 5 nitrogen and oxygen atoms in total. The van der Waals surface area contributed by atoms with Crippen molar-refractivity contribution < 1.29 is 14.3 Å². The Morgan fingerprint density at radius 1 is 1.07 bits per heavy atom. The number of carbonyl (C=O) groups excluding carboxylic acids is 2. The molecule has 2 aromatic rings. The SMILES string of the molecule is Cc1cc(OCC(=O)NCc2ccc(C(=O)N3CCCCC3)cc2)ccc1Cl. The van der Waals surface area contributed by atoms with E-state index in [9.17, 15) is 9.59 Å². The number of aryl methyl sites for hydroxylation is 1. The summed E-state index contributed by atoms with van der Waals surface area (Å²) in [5.41, 5.74) is 2.53. The van der Waals surface area contributed by atoms with Gasteiger partial charge in [-0.3, -0.25) is 9.59 Å². The summed E-state index contributed by atoms with van der Waals surface area (Å²) in [6.45, 7) is 3.88. The van der Waals surface area contributed by atoms with Gasteiger partial charge >= 0.3 is 0 Å². The first-order valence-electron chi connectivity index (χ1n) is 9.57. The summed E-state index contributed by atoms with van der Waals surface area (Å²) in [4.78, 5) is 26.4. The first-order valence-corrected chi connectivity index (χ1v) is 9.94. The van der Waals surface area contributed by atoms with Gasteiger partial charge in [0.2, 0.25) is 0 Å². The molecule has 0 bridgehead atoms. The normalized spacial score (nSPS) is 13.9. The van der Waals surface area contributed by atoms with Gasteiger partial charge in [-0.15, -0.1) is 0 Å². The molecule has 0 aliphatic carbocycles. The van der Waals surface area contributed by atoms with Crippen LogP contribution in [0, 0.1) is 6.92 Å². The van der Waals surface area contributed by atoms with Crippen LogP contribution < -0.4 is 10.1 Å². The van der Waals surface area contributed by atoms with Crippen molar-refractivity contribution in [2.24, 2.45) is 0 Å². The predicted octanol–water partition coefficient (Wildman–Crippen LogP) is 3.97. The summed E-state index contributed by atoms with van der Waals surface area (Å²) in [6.07, 6.45) is 3.35. The minimum atomic E-state index is -0.207. The maximum atomic E-state index is 12.5. The molecule has 6 heteroatoms. The number of rotatable bonds is 6. The molecule has 1 aliphatic heterocycles. The smallest absolute Gasteiger partial charge is 0.258 e. The van der Waals surface area contributed by atoms with Crippen molar-refractivity contribution in [3.05, 3.63) is 64.2 Å². The number of carbonyl (C=O) groups is 2. The molecule has 1 saturated heterocycles. The molecule has 1 heterocycles. The Kier molecular flexibility index (Phi) is 6.93. The Morgan fingerprint density at radius 3 is 2.46 bits per heavy atom. The number of benzene rings is 2. The average Bonchev–Trinajstić information content (AvgIpc) is 2.73. The molecule has 2 aromatic carbocycles. The molecule has 148 valence electrons. The van der Waals surface area contributed by atoms with Crippen LogP contribution in [0.25, 0.3) is 0 Å². The van der Waals surface area contributed by atoms with Gasteiger partial charge in [-0.05, 0) is 67.6 Å². The molecule has 0 radical (unpaired) electrons. The van der Waals surface area contributed by atoms with E-state index >= 15 is 0 Å². The number of nitrogens with one attached hydrogen (secondary N) is 1. The topological polar surface area (TPSA) is 58.6 Å². The van der Waals surface area contributed by atoms with E-state index in [1.54, 1.807) is 18.2 Å². The van der Waals surface area contributed by atoms with E-state index in [-0.39, 0.29) is 18.4 Å². The van der Waals surface area contributed by atoms with Gasteiger partial charge in [0.1, 0.15) is 5.75 Å². The molecular formula is C22H25ClN2O3. The third-order valence-corrected chi connectivity index (χ3v) is 5.26. The zero-order chi connectivity index (χ0) is 19.9. The van der Waals surface area contributed by atoms with Crippen LogP contribution in [0.3, 0.4) is 0 Å². The van der Waals surface area contributed by atoms with Crippen LogP contribution in [0.2, 0.25) is 5.02 Å². The number of ether oxygens (including phenoxy) is 1. The maximum Gasteiger partial charge on any atom is 0.258 e. The Hall–Kier alpha value is -2.53. The number of halogens is 1. The van der Waals surface area contributed by atoms with Crippen LogP contribution in [0.5, 0.6) is 5.75 Å². The van der Waals surface area contributed by atoms with Crippen LogP contribution >= 0.6 is 11.6 Å². The molecule has 0 unspecified atom stereocenters. The number of amides is 2. The van der Waals surface area contributed by atoms with E-state index < -0.39 is 0 Å². The average molecular weight is 401 g/mol. The van der Waals surface area contributed by atoms with E-state index in [4.69, 9.17) is 16.3 Å². The molecule has 28 heavy (non-hydrogen) atoms. The Balaban J connectivity index is 1.45. The molecule has 0 saturated carbocycles. The fraction of sp³-hybridized carbons (Fsp3) is 0.364. The van der Waals surface area contributed by atoms with Gasteiger partial charge in [-0.1, -0.05) is 23.7 Å². The fourth-order valence-electron chi connectivity index (χ4n) is 3.15. The lowest BCUT2D eigenvalue weighted by molar-refractivity contribution is -0.123. The maximum absolute atomic E-state index is 12.5. The van der Waals surface area contributed by atoms with Crippen molar-refractivity contribution in [1.82, 2.24) is 10.2 Å². The second-order valence-corrected chi connectivity index (χ2v) is 7.43. The monoisotopic (exact) mass is 400 g/mol. The second-order valence-electron chi connectivity index (χ2n) is 7.03. The Labute approximate surface area is 170 Å². The highest BCUT2D eigenvalue weighted by atomic mass is 35.5. The number of likely N-dealkylation sites (tertiary alicyclic amines) is 1. The van der Waals surface area contributed by atoms with Gasteiger partial charge in [0.15, 0.2) is 6.61 Å². The van der Waals surface area contributed by atoms with Crippen LogP contribution in [0.4, 0.5) is 0 Å². The number of piperidine rings is 1. The zero-order valence-electron chi connectivity index (χ0n) is 16.0. The molecule has 3 rings (SSSR count). The van der Waals surface area contributed by atoms with Crippen LogP contribution in [0.15, 0.2) is 42.5 Å². The quantitative estimate of drug-likeness (QED) is 0.798. The highest BCUT2D eigenvalue weighted by molar-refractivity contribution is 6.31. The summed E-state index contributed by atoms with van der Waals surface area (Å²) in [5, 5.41) is 3.49. The lowest BCUT2D eigenvalue weighted by Crippen LogP contribution is -2.35. The molecule has 0 aromatic heterocycles. The van der Waals surface area contributed by atoms with Gasteiger partial charge in [0.25, 0.3) is 11.8 Å². The van der Waals surface area contributed by atoms with Gasteiger partial charge in [-0.25, -0.2) is 0 Å². The van der Waals surface area contributed by atoms with E-state index in [2.05, 4.69) is 5.32 Å². The van der Waals surface area contributed by atoms with Crippen LogP contribution in [-0.4, -0.2) is 36.4 Å². The van der Waals surface area contributed by atoms with E-state index in [1.165, 1.54) is 6.42 Å². The zero-order valence-corrected chi connectivity index (χ0v) is 16.8. The van der Waals surface area contributed by atoms with Crippen molar-refractivity contribution in [3.63, 3.8) is 0 Å². The van der Waals surface area contributed by atoms with Crippen molar-refractivity contribution in [2.75, 3.05) is 19.7 Å². The van der Waals surface area contributed by atoms with Gasteiger partial charge in [0, 0.05) is 30.2 Å². The number of hydrogen-bond acceptors (Lipinski definition) is 3. The summed E-state index contributed by atoms with van der Waals surface area (Å²) >= 11 is 5.98. The first kappa shape index (κ1) is 20.2. The van der Waals surface area contributed by atoms with Gasteiger partial charge < -0.3 is 15.0 Å². The van der Waals surface area contributed by atoms with Crippen molar-refractivity contribution in [2.45, 2.75) is 32.7 Å². The lowest BCUT2D eigenvalue weighted by atomic mass is 10.1. The van der Waals surface area contributed by atoms with E-state index in [1.807, 2.05) is 36.1 Å². The summed E-state index contributed by atoms with van der Waals surface area (Å²) in [7, 11) is 0. The van der Waals surface area contributed by atoms with Crippen molar-refractivity contribution >= 4 is 23.4 Å². The predicted molar refractivity (Wildman–Crippen MR) is 110 cm³/mol. The highest BCUT2D eigenvalue weighted by Crippen LogP contribution is 2.21. The first-order chi connectivity index (χ1) is 13.5. The standard InChI is InChI=1S/C22H25ClN2O3/c1-16-13-19(9-10-20(16)23)28-15-21(26)24-14-17-5-7-18(8-6-17)22(27)25-11-3-2-4-12-25/h5-10,13H,2-4,11-12,14-15H2,1H3,(H,24,26). The van der Waals surface area contributed by atoms with Crippen LogP contribution in [0.1, 0.15) is 40.7 Å². The molecule has 1 N–H and O–H groups in total. The summed E-state index contributed by atoms with van der Waals surface area (Å²) in [6, 6.07) is 12.7. The molecular weight excluding hydrogens is 376 g/mol. The third-order valence-electron chi connectivity index (χ3n) is 4.83.